The zero-order valence-corrected chi connectivity index (χ0v) is 9.49. The number of ether oxygens (including phenoxy) is 2. The molecule has 1 unspecified atom stereocenters. The number of Topliss-reactive ketones (excluding diaryl/α,β-unsaturated/α-hetero) is 2. The van der Waals surface area contributed by atoms with Crippen LogP contribution in [0.5, 0.6) is 11.5 Å². The fourth-order valence-electron chi connectivity index (χ4n) is 2.59. The van der Waals surface area contributed by atoms with Crippen LogP contribution in [0.4, 0.5) is 0 Å². The van der Waals surface area contributed by atoms with E-state index in [4.69, 9.17) is 9.47 Å². The van der Waals surface area contributed by atoms with Gasteiger partial charge in [-0.2, -0.15) is 0 Å². The van der Waals surface area contributed by atoms with Gasteiger partial charge in [-0.3, -0.25) is 9.59 Å². The lowest BCUT2D eigenvalue weighted by Crippen LogP contribution is -2.25. The number of benzene rings is 1. The Bertz CT molecular complexity index is 518. The van der Waals surface area contributed by atoms with E-state index in [0.717, 1.165) is 11.1 Å². The topological polar surface area (TPSA) is 52.6 Å². The van der Waals surface area contributed by atoms with E-state index in [0.29, 0.717) is 24.3 Å². The van der Waals surface area contributed by atoms with Crippen LogP contribution in [0.1, 0.15) is 30.4 Å². The fraction of sp³-hybridized carbons (Fsp3) is 0.385. The Kier molecular flexibility index (Phi) is 2.18. The van der Waals surface area contributed by atoms with Gasteiger partial charge in [0, 0.05) is 12.0 Å². The Morgan fingerprint density at radius 2 is 2.12 bits per heavy atom. The smallest absolute Gasteiger partial charge is 0.231 e. The van der Waals surface area contributed by atoms with Gasteiger partial charge in [0.2, 0.25) is 6.79 Å². The SMILES string of the molecule is CC(=O)C1C(=O)CCc2c1ccc1c2OCO1. The van der Waals surface area contributed by atoms with Crippen molar-refractivity contribution in [2.24, 2.45) is 0 Å². The van der Waals surface area contributed by atoms with E-state index in [1.165, 1.54) is 6.92 Å². The molecule has 4 nitrogen and oxygen atoms in total. The summed E-state index contributed by atoms with van der Waals surface area (Å²) in [5.74, 6) is 0.702. The van der Waals surface area contributed by atoms with Crippen LogP contribution in [-0.4, -0.2) is 18.4 Å². The molecule has 0 N–H and O–H groups in total. The third kappa shape index (κ3) is 1.44. The van der Waals surface area contributed by atoms with Crippen molar-refractivity contribution in [3.05, 3.63) is 23.3 Å². The predicted molar refractivity (Wildman–Crippen MR) is 59.3 cm³/mol. The van der Waals surface area contributed by atoms with Gasteiger partial charge in [0.15, 0.2) is 11.5 Å². The molecule has 1 aliphatic carbocycles. The van der Waals surface area contributed by atoms with Crippen LogP contribution in [0.2, 0.25) is 0 Å². The molecule has 0 saturated carbocycles. The molecule has 2 aliphatic rings. The first kappa shape index (κ1) is 10.3. The van der Waals surface area contributed by atoms with Crippen molar-refractivity contribution in [1.29, 1.82) is 0 Å². The van der Waals surface area contributed by atoms with Gasteiger partial charge in [0.05, 0.1) is 0 Å². The van der Waals surface area contributed by atoms with E-state index in [1.807, 2.05) is 6.07 Å². The average molecular weight is 232 g/mol. The lowest BCUT2D eigenvalue weighted by Gasteiger charge is -2.23. The van der Waals surface area contributed by atoms with E-state index in [2.05, 4.69) is 0 Å². The number of ketones is 2. The molecule has 0 amide bonds. The number of hydrogen-bond acceptors (Lipinski definition) is 4. The monoisotopic (exact) mass is 232 g/mol. The number of hydrogen-bond donors (Lipinski definition) is 0. The lowest BCUT2D eigenvalue weighted by atomic mass is 9.79. The number of carbonyl (C=O) groups is 2. The minimum Gasteiger partial charge on any atom is -0.454 e. The van der Waals surface area contributed by atoms with Crippen LogP contribution in [0.25, 0.3) is 0 Å². The van der Waals surface area contributed by atoms with Crippen LogP contribution in [-0.2, 0) is 16.0 Å². The molecule has 1 aromatic carbocycles. The van der Waals surface area contributed by atoms with Gasteiger partial charge >= 0.3 is 0 Å². The van der Waals surface area contributed by atoms with Crippen molar-refractivity contribution >= 4 is 11.6 Å². The summed E-state index contributed by atoms with van der Waals surface area (Å²) in [6, 6.07) is 3.58. The van der Waals surface area contributed by atoms with Gasteiger partial charge in [-0.15, -0.1) is 0 Å². The second-order valence-corrected chi connectivity index (χ2v) is 4.38. The van der Waals surface area contributed by atoms with E-state index in [9.17, 15) is 9.59 Å². The van der Waals surface area contributed by atoms with Crippen molar-refractivity contribution in [3.63, 3.8) is 0 Å². The quantitative estimate of drug-likeness (QED) is 0.690. The molecule has 1 aromatic rings. The minimum absolute atomic E-state index is 0.00358. The van der Waals surface area contributed by atoms with Gasteiger partial charge in [0.25, 0.3) is 0 Å². The lowest BCUT2D eigenvalue weighted by molar-refractivity contribution is -0.128. The second kappa shape index (κ2) is 3.58. The van der Waals surface area contributed by atoms with Crippen molar-refractivity contribution in [1.82, 2.24) is 0 Å². The standard InChI is InChI=1S/C13H12O4/c1-7(14)12-8-3-5-11-13(17-6-16-11)9(8)2-4-10(12)15/h3,5,12H,2,4,6H2,1H3. The Labute approximate surface area is 98.5 Å². The van der Waals surface area contributed by atoms with Crippen LogP contribution < -0.4 is 9.47 Å². The minimum atomic E-state index is -0.617. The van der Waals surface area contributed by atoms with Gasteiger partial charge in [0.1, 0.15) is 17.5 Å². The Hall–Kier alpha value is -1.84. The molecule has 0 aromatic heterocycles. The molecular formula is C13H12O4. The Morgan fingerprint density at radius 1 is 1.29 bits per heavy atom. The van der Waals surface area contributed by atoms with Gasteiger partial charge in [-0.05, 0) is 25.0 Å². The molecule has 1 heterocycles. The summed E-state index contributed by atoms with van der Waals surface area (Å²) < 4.78 is 10.7. The molecule has 17 heavy (non-hydrogen) atoms. The predicted octanol–water partition coefficient (Wildman–Crippen LogP) is 1.60. The molecule has 0 fully saturated rings. The van der Waals surface area contributed by atoms with Gasteiger partial charge < -0.3 is 9.47 Å². The van der Waals surface area contributed by atoms with Crippen molar-refractivity contribution < 1.29 is 19.1 Å². The number of carbonyl (C=O) groups excluding carboxylic acids is 2. The summed E-state index contributed by atoms with van der Waals surface area (Å²) in [5.41, 5.74) is 1.75. The molecule has 0 saturated heterocycles. The third-order valence-electron chi connectivity index (χ3n) is 3.34. The Morgan fingerprint density at radius 3 is 2.88 bits per heavy atom. The summed E-state index contributed by atoms with van der Waals surface area (Å²) in [4.78, 5) is 23.4. The first-order chi connectivity index (χ1) is 8.18. The Balaban J connectivity index is 2.17. The largest absolute Gasteiger partial charge is 0.454 e. The first-order valence-electron chi connectivity index (χ1n) is 5.63. The van der Waals surface area contributed by atoms with E-state index < -0.39 is 5.92 Å². The highest BCUT2D eigenvalue weighted by Crippen LogP contribution is 2.43. The highest BCUT2D eigenvalue weighted by Gasteiger charge is 2.34. The molecular weight excluding hydrogens is 220 g/mol. The molecule has 4 heteroatoms. The number of rotatable bonds is 1. The van der Waals surface area contributed by atoms with Gasteiger partial charge in [-0.25, -0.2) is 0 Å². The van der Waals surface area contributed by atoms with Crippen LogP contribution in [0.3, 0.4) is 0 Å². The van der Waals surface area contributed by atoms with Crippen LogP contribution in [0.15, 0.2) is 12.1 Å². The molecule has 3 rings (SSSR count). The maximum absolute atomic E-state index is 11.8. The van der Waals surface area contributed by atoms with E-state index in [-0.39, 0.29) is 18.4 Å². The van der Waals surface area contributed by atoms with Gasteiger partial charge in [-0.1, -0.05) is 6.07 Å². The molecule has 1 atom stereocenters. The summed E-state index contributed by atoms with van der Waals surface area (Å²) in [7, 11) is 0. The molecule has 0 bridgehead atoms. The van der Waals surface area contributed by atoms with Crippen LogP contribution >= 0.6 is 0 Å². The number of fused-ring (bicyclic) bond motifs is 3. The summed E-state index contributed by atoms with van der Waals surface area (Å²) in [5, 5.41) is 0. The summed E-state index contributed by atoms with van der Waals surface area (Å²) in [6.45, 7) is 1.67. The van der Waals surface area contributed by atoms with Crippen molar-refractivity contribution in [2.75, 3.05) is 6.79 Å². The zero-order valence-electron chi connectivity index (χ0n) is 9.49. The highest BCUT2D eigenvalue weighted by atomic mass is 16.7. The maximum atomic E-state index is 11.8. The molecule has 88 valence electrons. The normalized spacial score (nSPS) is 21.2. The van der Waals surface area contributed by atoms with Crippen molar-refractivity contribution in [3.8, 4) is 11.5 Å². The third-order valence-corrected chi connectivity index (χ3v) is 3.34. The first-order valence-corrected chi connectivity index (χ1v) is 5.63. The summed E-state index contributed by atoms with van der Waals surface area (Å²) >= 11 is 0. The fourth-order valence-corrected chi connectivity index (χ4v) is 2.59. The average Bonchev–Trinajstić information content (AvgIpc) is 2.75. The second-order valence-electron chi connectivity index (χ2n) is 4.38. The highest BCUT2D eigenvalue weighted by molar-refractivity contribution is 6.08. The molecule has 1 aliphatic heterocycles. The van der Waals surface area contributed by atoms with E-state index in [1.54, 1.807) is 6.07 Å². The zero-order chi connectivity index (χ0) is 12.0. The van der Waals surface area contributed by atoms with E-state index >= 15 is 0 Å². The summed E-state index contributed by atoms with van der Waals surface area (Å²) in [6.07, 6.45) is 1.03. The van der Waals surface area contributed by atoms with Crippen LogP contribution in [0, 0.1) is 0 Å². The molecule has 0 radical (unpaired) electrons. The van der Waals surface area contributed by atoms with Crippen molar-refractivity contribution in [2.45, 2.75) is 25.7 Å². The maximum Gasteiger partial charge on any atom is 0.231 e. The molecule has 0 spiro atoms.